The summed E-state index contributed by atoms with van der Waals surface area (Å²) in [6, 6.07) is 8.78. The molecule has 0 aliphatic carbocycles. The van der Waals surface area contributed by atoms with E-state index in [2.05, 4.69) is 15.5 Å². The van der Waals surface area contributed by atoms with Gasteiger partial charge in [-0.15, -0.1) is 22.6 Å². The first kappa shape index (κ1) is 23.1. The molecule has 3 rings (SSSR count). The summed E-state index contributed by atoms with van der Waals surface area (Å²) >= 11 is 0. The van der Waals surface area contributed by atoms with Crippen LogP contribution in [0.5, 0.6) is 17.2 Å². The number of aromatic nitrogens is 3. The highest BCUT2D eigenvalue weighted by Crippen LogP contribution is 2.34. The molecule has 0 bridgehead atoms. The molecular weight excluding hydrogens is 413 g/mol. The third-order valence-corrected chi connectivity index (χ3v) is 4.36. The molecule has 0 saturated heterocycles. The Balaban J connectivity index is 0.00000320. The Morgan fingerprint density at radius 3 is 2.57 bits per heavy atom. The van der Waals surface area contributed by atoms with Gasteiger partial charge in [-0.05, 0) is 42.8 Å². The largest absolute Gasteiger partial charge is 0.493 e. The molecule has 0 spiro atoms. The van der Waals surface area contributed by atoms with Crippen molar-refractivity contribution in [2.75, 3.05) is 7.11 Å². The number of nitrogens with one attached hydrogen (secondary N) is 1. The third kappa shape index (κ3) is 5.05. The van der Waals surface area contributed by atoms with E-state index in [0.717, 1.165) is 0 Å². The Morgan fingerprint density at radius 2 is 1.97 bits per heavy atom. The maximum atomic E-state index is 14.3. The van der Waals surface area contributed by atoms with Crippen molar-refractivity contribution in [2.24, 2.45) is 12.8 Å². The summed E-state index contributed by atoms with van der Waals surface area (Å²) in [6.45, 7) is 2.02. The van der Waals surface area contributed by atoms with Crippen molar-refractivity contribution < 1.29 is 18.7 Å². The minimum Gasteiger partial charge on any atom is -0.493 e. The van der Waals surface area contributed by atoms with E-state index in [-0.39, 0.29) is 42.4 Å². The Bertz CT molecular complexity index is 1030. The second-order valence-electron chi connectivity index (χ2n) is 6.43. The summed E-state index contributed by atoms with van der Waals surface area (Å²) in [5.41, 5.74) is 6.50. The van der Waals surface area contributed by atoms with E-state index < -0.39 is 5.82 Å². The van der Waals surface area contributed by atoms with Gasteiger partial charge in [-0.3, -0.25) is 4.79 Å². The van der Waals surface area contributed by atoms with Crippen LogP contribution < -0.4 is 20.5 Å². The first-order valence-corrected chi connectivity index (χ1v) is 8.92. The Labute approximate surface area is 179 Å². The van der Waals surface area contributed by atoms with E-state index >= 15 is 0 Å². The lowest BCUT2D eigenvalue weighted by Gasteiger charge is -2.15. The zero-order chi connectivity index (χ0) is 21.0. The number of nitrogens with two attached hydrogens (primary N) is 1. The Morgan fingerprint density at radius 1 is 1.23 bits per heavy atom. The summed E-state index contributed by atoms with van der Waals surface area (Å²) in [7, 11) is 3.26. The van der Waals surface area contributed by atoms with Crippen LogP contribution in [-0.2, 0) is 13.6 Å². The van der Waals surface area contributed by atoms with Gasteiger partial charge in [-0.1, -0.05) is 6.07 Å². The van der Waals surface area contributed by atoms with E-state index in [0.29, 0.717) is 22.7 Å². The summed E-state index contributed by atoms with van der Waals surface area (Å²) in [5, 5.41) is 10.6. The molecule has 2 aromatic carbocycles. The fourth-order valence-corrected chi connectivity index (χ4v) is 2.80. The van der Waals surface area contributed by atoms with Gasteiger partial charge in [0.2, 0.25) is 0 Å². The Hall–Kier alpha value is -3.17. The molecule has 10 heteroatoms. The number of halogens is 2. The first-order valence-electron chi connectivity index (χ1n) is 8.92. The fraction of sp³-hybridized carbons (Fsp3) is 0.250. The molecule has 0 saturated carbocycles. The zero-order valence-corrected chi connectivity index (χ0v) is 17.6. The molecular formula is C20H23ClFN5O3. The van der Waals surface area contributed by atoms with Crippen LogP contribution in [0.3, 0.4) is 0 Å². The predicted molar refractivity (Wildman–Crippen MR) is 111 cm³/mol. The molecule has 3 aromatic rings. The molecule has 1 heterocycles. The summed E-state index contributed by atoms with van der Waals surface area (Å²) in [4.78, 5) is 12.7. The quantitative estimate of drug-likeness (QED) is 0.590. The highest BCUT2D eigenvalue weighted by molar-refractivity contribution is 5.95. The lowest BCUT2D eigenvalue weighted by Crippen LogP contribution is -2.28. The van der Waals surface area contributed by atoms with Crippen molar-refractivity contribution in [3.63, 3.8) is 0 Å². The van der Waals surface area contributed by atoms with Crippen LogP contribution in [0.1, 0.15) is 34.7 Å². The maximum Gasteiger partial charge on any atom is 0.252 e. The lowest BCUT2D eigenvalue weighted by atomic mass is 10.1. The molecule has 30 heavy (non-hydrogen) atoms. The molecule has 0 aliphatic rings. The highest BCUT2D eigenvalue weighted by atomic mass is 35.5. The minimum absolute atomic E-state index is 0. The standard InChI is InChI=1S/C20H22FN5O3.ClH/c1-12(19-25-23-11-26(19)2)24-20(27)14-5-7-17(28-3)18(9-14)29-16-6-4-13(10-22)8-15(16)21;/h4-9,11-12H,10,22H2,1-3H3,(H,24,27);1H. The summed E-state index contributed by atoms with van der Waals surface area (Å²) in [6.07, 6.45) is 1.56. The maximum absolute atomic E-state index is 14.3. The van der Waals surface area contributed by atoms with Crippen LogP contribution in [0, 0.1) is 5.82 Å². The van der Waals surface area contributed by atoms with Crippen LogP contribution in [-0.4, -0.2) is 27.8 Å². The van der Waals surface area contributed by atoms with E-state index in [1.165, 1.54) is 25.3 Å². The van der Waals surface area contributed by atoms with Gasteiger partial charge in [0.15, 0.2) is 28.9 Å². The van der Waals surface area contributed by atoms with Crippen LogP contribution >= 0.6 is 12.4 Å². The number of hydrogen-bond acceptors (Lipinski definition) is 6. The van der Waals surface area contributed by atoms with Gasteiger partial charge in [0.1, 0.15) is 6.33 Å². The van der Waals surface area contributed by atoms with Gasteiger partial charge in [0, 0.05) is 19.2 Å². The lowest BCUT2D eigenvalue weighted by molar-refractivity contribution is 0.0937. The van der Waals surface area contributed by atoms with Gasteiger partial charge in [0.25, 0.3) is 5.91 Å². The van der Waals surface area contributed by atoms with Crippen molar-refractivity contribution in [3.8, 4) is 17.2 Å². The van der Waals surface area contributed by atoms with Crippen LogP contribution in [0.25, 0.3) is 0 Å². The number of amides is 1. The molecule has 0 aliphatic heterocycles. The summed E-state index contributed by atoms with van der Waals surface area (Å²) in [5.74, 6) is 0.305. The summed E-state index contributed by atoms with van der Waals surface area (Å²) < 4.78 is 26.9. The van der Waals surface area contributed by atoms with E-state index in [4.69, 9.17) is 15.2 Å². The van der Waals surface area contributed by atoms with Crippen molar-refractivity contribution in [1.29, 1.82) is 0 Å². The number of carbonyl (C=O) groups excluding carboxylic acids is 1. The molecule has 0 radical (unpaired) electrons. The average Bonchev–Trinajstić information content (AvgIpc) is 3.15. The Kier molecular flexibility index (Phi) is 7.73. The monoisotopic (exact) mass is 435 g/mol. The van der Waals surface area contributed by atoms with E-state index in [9.17, 15) is 9.18 Å². The number of methoxy groups -OCH3 is 1. The first-order chi connectivity index (χ1) is 13.9. The van der Waals surface area contributed by atoms with Crippen LogP contribution in [0.15, 0.2) is 42.7 Å². The number of benzene rings is 2. The van der Waals surface area contributed by atoms with Crippen molar-refractivity contribution >= 4 is 18.3 Å². The molecule has 0 fully saturated rings. The second-order valence-corrected chi connectivity index (χ2v) is 6.43. The highest BCUT2D eigenvalue weighted by Gasteiger charge is 2.18. The topological polar surface area (TPSA) is 104 Å². The minimum atomic E-state index is -0.555. The molecule has 160 valence electrons. The number of carbonyl (C=O) groups is 1. The van der Waals surface area contributed by atoms with Gasteiger partial charge in [0.05, 0.1) is 13.2 Å². The molecule has 1 amide bonds. The van der Waals surface area contributed by atoms with Gasteiger partial charge in [-0.25, -0.2) is 4.39 Å². The van der Waals surface area contributed by atoms with Crippen LogP contribution in [0.4, 0.5) is 4.39 Å². The normalized spacial score (nSPS) is 11.4. The van der Waals surface area contributed by atoms with E-state index in [1.54, 1.807) is 43.1 Å². The molecule has 8 nitrogen and oxygen atoms in total. The smallest absolute Gasteiger partial charge is 0.252 e. The number of nitrogens with zero attached hydrogens (tertiary/aromatic N) is 3. The fourth-order valence-electron chi connectivity index (χ4n) is 2.80. The number of hydrogen-bond donors (Lipinski definition) is 2. The molecule has 1 unspecified atom stereocenters. The van der Waals surface area contributed by atoms with Crippen molar-refractivity contribution in [2.45, 2.75) is 19.5 Å². The average molecular weight is 436 g/mol. The second kappa shape index (κ2) is 10.0. The van der Waals surface area contributed by atoms with Crippen LogP contribution in [0.2, 0.25) is 0 Å². The number of rotatable bonds is 7. The SMILES string of the molecule is COc1ccc(C(=O)NC(C)c2nncn2C)cc1Oc1ccc(CN)cc1F.Cl. The molecule has 1 aromatic heterocycles. The van der Waals surface area contributed by atoms with E-state index in [1.807, 2.05) is 0 Å². The molecule has 3 N–H and O–H groups in total. The van der Waals surface area contributed by atoms with Gasteiger partial charge in [-0.2, -0.15) is 0 Å². The predicted octanol–water partition coefficient (Wildman–Crippen LogP) is 3.13. The van der Waals surface area contributed by atoms with Gasteiger partial charge < -0.3 is 25.1 Å². The van der Waals surface area contributed by atoms with Crippen molar-refractivity contribution in [3.05, 3.63) is 65.5 Å². The van der Waals surface area contributed by atoms with Crippen molar-refractivity contribution in [1.82, 2.24) is 20.1 Å². The number of aryl methyl sites for hydroxylation is 1. The molecule has 1 atom stereocenters. The van der Waals surface area contributed by atoms with Gasteiger partial charge >= 0.3 is 0 Å². The number of ether oxygens (including phenoxy) is 2. The third-order valence-electron chi connectivity index (χ3n) is 4.36. The zero-order valence-electron chi connectivity index (χ0n) is 16.8.